The Hall–Kier alpha value is -1.40. The number of benzene rings is 1. The molecule has 1 aromatic carbocycles. The Labute approximate surface area is 106 Å². The molecule has 100 valence electrons. The fourth-order valence-corrected chi connectivity index (χ4v) is 3.33. The van der Waals surface area contributed by atoms with Crippen LogP contribution in [0.5, 0.6) is 0 Å². The number of aryl methyl sites for hydroxylation is 1. The third-order valence-corrected chi connectivity index (χ3v) is 4.64. The summed E-state index contributed by atoms with van der Waals surface area (Å²) >= 11 is 0. The zero-order chi connectivity index (χ0) is 13.9. The number of ether oxygens (including phenoxy) is 1. The molecule has 6 heteroatoms. The Morgan fingerprint density at radius 2 is 2.06 bits per heavy atom. The monoisotopic (exact) mass is 272 g/mol. The molecule has 1 unspecified atom stereocenters. The molecule has 0 bridgehead atoms. The van der Waals surface area contributed by atoms with Gasteiger partial charge in [-0.25, -0.2) is 13.2 Å². The number of hydrogen-bond acceptors (Lipinski definition) is 4. The predicted octanol–water partition coefficient (Wildman–Crippen LogP) is 1.50. The van der Waals surface area contributed by atoms with Crippen LogP contribution < -0.4 is 0 Å². The highest BCUT2D eigenvalue weighted by Crippen LogP contribution is 2.19. The minimum absolute atomic E-state index is 0.0377. The largest absolute Gasteiger partial charge is 0.478 e. The van der Waals surface area contributed by atoms with Crippen molar-refractivity contribution in [2.75, 3.05) is 12.9 Å². The maximum Gasteiger partial charge on any atom is 0.335 e. The third kappa shape index (κ3) is 3.30. The SMILES string of the molecule is COC(C)CS(=O)(=O)c1cc(C(=O)O)ccc1C. The van der Waals surface area contributed by atoms with Crippen LogP contribution in [0.15, 0.2) is 23.1 Å². The van der Waals surface area contributed by atoms with E-state index in [1.807, 2.05) is 0 Å². The summed E-state index contributed by atoms with van der Waals surface area (Å²) in [5, 5.41) is 8.87. The molecular weight excluding hydrogens is 256 g/mol. The van der Waals surface area contributed by atoms with Crippen molar-refractivity contribution in [1.29, 1.82) is 0 Å². The van der Waals surface area contributed by atoms with Crippen molar-refractivity contribution in [2.24, 2.45) is 0 Å². The number of rotatable bonds is 5. The molecule has 1 rings (SSSR count). The lowest BCUT2D eigenvalue weighted by Gasteiger charge is -2.12. The summed E-state index contributed by atoms with van der Waals surface area (Å²) in [5.41, 5.74) is 0.493. The van der Waals surface area contributed by atoms with E-state index in [0.29, 0.717) is 5.56 Å². The first kappa shape index (κ1) is 14.7. The molecule has 18 heavy (non-hydrogen) atoms. The van der Waals surface area contributed by atoms with Gasteiger partial charge < -0.3 is 9.84 Å². The molecule has 0 aliphatic carbocycles. The molecular formula is C12H16O5S. The molecule has 0 heterocycles. The Morgan fingerprint density at radius 3 is 2.56 bits per heavy atom. The van der Waals surface area contributed by atoms with Crippen molar-refractivity contribution in [2.45, 2.75) is 24.8 Å². The summed E-state index contributed by atoms with van der Waals surface area (Å²) in [6.45, 7) is 3.28. The van der Waals surface area contributed by atoms with E-state index in [2.05, 4.69) is 0 Å². The van der Waals surface area contributed by atoms with E-state index in [1.165, 1.54) is 25.3 Å². The number of carboxylic acid groups (broad SMARTS) is 1. The van der Waals surface area contributed by atoms with Crippen molar-refractivity contribution in [1.82, 2.24) is 0 Å². The van der Waals surface area contributed by atoms with Crippen LogP contribution in [0.3, 0.4) is 0 Å². The van der Waals surface area contributed by atoms with Crippen LogP contribution in [0.4, 0.5) is 0 Å². The first-order valence-corrected chi connectivity index (χ1v) is 7.02. The fraction of sp³-hybridized carbons (Fsp3) is 0.417. The molecule has 0 saturated carbocycles. The van der Waals surface area contributed by atoms with Crippen LogP contribution in [-0.2, 0) is 14.6 Å². The minimum atomic E-state index is -3.55. The van der Waals surface area contributed by atoms with Crippen LogP contribution in [0, 0.1) is 6.92 Å². The van der Waals surface area contributed by atoms with Gasteiger partial charge in [0.15, 0.2) is 9.84 Å². The van der Waals surface area contributed by atoms with Gasteiger partial charge in [0.25, 0.3) is 0 Å². The summed E-state index contributed by atoms with van der Waals surface area (Å²) < 4.78 is 29.2. The van der Waals surface area contributed by atoms with Gasteiger partial charge in [-0.2, -0.15) is 0 Å². The summed E-state index contributed by atoms with van der Waals surface area (Å²) in [5.74, 6) is -1.32. The maximum absolute atomic E-state index is 12.1. The summed E-state index contributed by atoms with van der Waals surface area (Å²) in [7, 11) is -2.12. The van der Waals surface area contributed by atoms with Crippen LogP contribution in [0.1, 0.15) is 22.8 Å². The first-order valence-electron chi connectivity index (χ1n) is 5.37. The molecule has 0 spiro atoms. The van der Waals surface area contributed by atoms with Crippen LogP contribution in [-0.4, -0.2) is 38.5 Å². The Morgan fingerprint density at radius 1 is 1.44 bits per heavy atom. The molecule has 0 aliphatic heterocycles. The van der Waals surface area contributed by atoms with Gasteiger partial charge in [-0.1, -0.05) is 6.07 Å². The van der Waals surface area contributed by atoms with E-state index in [9.17, 15) is 13.2 Å². The van der Waals surface area contributed by atoms with Crippen molar-refractivity contribution in [3.05, 3.63) is 29.3 Å². The first-order chi connectivity index (χ1) is 8.27. The standard InChI is InChI=1S/C12H16O5S/c1-8-4-5-10(12(13)14)6-11(8)18(15,16)7-9(2)17-3/h4-6,9H,7H2,1-3H3,(H,13,14). The second kappa shape index (κ2) is 5.49. The number of carboxylic acids is 1. The number of sulfone groups is 1. The second-order valence-corrected chi connectivity index (χ2v) is 6.12. The fourth-order valence-electron chi connectivity index (χ4n) is 1.53. The highest BCUT2D eigenvalue weighted by Gasteiger charge is 2.21. The number of carbonyl (C=O) groups is 1. The summed E-state index contributed by atoms with van der Waals surface area (Å²) in [6, 6.07) is 4.07. The van der Waals surface area contributed by atoms with Gasteiger partial charge in [-0.15, -0.1) is 0 Å². The second-order valence-electron chi connectivity index (χ2n) is 4.11. The molecule has 5 nitrogen and oxygen atoms in total. The predicted molar refractivity (Wildman–Crippen MR) is 66.7 cm³/mol. The molecule has 1 atom stereocenters. The summed E-state index contributed by atoms with van der Waals surface area (Å²) in [4.78, 5) is 10.9. The average molecular weight is 272 g/mol. The smallest absolute Gasteiger partial charge is 0.335 e. The molecule has 1 N–H and O–H groups in total. The number of hydrogen-bond donors (Lipinski definition) is 1. The molecule has 1 aromatic rings. The zero-order valence-corrected chi connectivity index (χ0v) is 11.3. The normalized spacial score (nSPS) is 13.3. The minimum Gasteiger partial charge on any atom is -0.478 e. The van der Waals surface area contributed by atoms with Crippen LogP contribution in [0.2, 0.25) is 0 Å². The van der Waals surface area contributed by atoms with Crippen molar-refractivity contribution in [3.8, 4) is 0 Å². The Bertz CT molecular complexity index is 548. The van der Waals surface area contributed by atoms with E-state index in [-0.39, 0.29) is 16.2 Å². The molecule has 0 aliphatic rings. The Balaban J connectivity index is 3.23. The molecule has 0 aromatic heterocycles. The third-order valence-electron chi connectivity index (χ3n) is 2.63. The number of methoxy groups -OCH3 is 1. The van der Waals surface area contributed by atoms with Crippen molar-refractivity contribution in [3.63, 3.8) is 0 Å². The molecule has 0 amide bonds. The Kier molecular flexibility index (Phi) is 4.48. The van der Waals surface area contributed by atoms with Gasteiger partial charge in [-0.3, -0.25) is 0 Å². The van der Waals surface area contributed by atoms with E-state index < -0.39 is 21.9 Å². The van der Waals surface area contributed by atoms with Crippen molar-refractivity contribution < 1.29 is 23.1 Å². The van der Waals surface area contributed by atoms with Crippen LogP contribution >= 0.6 is 0 Å². The lowest BCUT2D eigenvalue weighted by molar-refractivity contribution is 0.0696. The summed E-state index contributed by atoms with van der Waals surface area (Å²) in [6.07, 6.45) is -0.442. The number of aromatic carboxylic acids is 1. The maximum atomic E-state index is 12.1. The molecule has 0 radical (unpaired) electrons. The average Bonchev–Trinajstić information content (AvgIpc) is 2.28. The van der Waals surface area contributed by atoms with Gasteiger partial charge in [0.1, 0.15) is 0 Å². The van der Waals surface area contributed by atoms with Crippen LogP contribution in [0.25, 0.3) is 0 Å². The van der Waals surface area contributed by atoms with E-state index >= 15 is 0 Å². The van der Waals surface area contributed by atoms with Gasteiger partial charge in [0, 0.05) is 7.11 Å². The van der Waals surface area contributed by atoms with E-state index in [0.717, 1.165) is 0 Å². The van der Waals surface area contributed by atoms with Gasteiger partial charge >= 0.3 is 5.97 Å². The topological polar surface area (TPSA) is 80.7 Å². The van der Waals surface area contributed by atoms with E-state index in [4.69, 9.17) is 9.84 Å². The van der Waals surface area contributed by atoms with Gasteiger partial charge in [-0.05, 0) is 31.5 Å². The van der Waals surface area contributed by atoms with Crippen molar-refractivity contribution >= 4 is 15.8 Å². The van der Waals surface area contributed by atoms with Gasteiger partial charge in [0.05, 0.1) is 22.3 Å². The highest BCUT2D eigenvalue weighted by molar-refractivity contribution is 7.91. The molecule has 0 fully saturated rings. The van der Waals surface area contributed by atoms with Gasteiger partial charge in [0.2, 0.25) is 0 Å². The lowest BCUT2D eigenvalue weighted by Crippen LogP contribution is -2.21. The molecule has 0 saturated heterocycles. The van der Waals surface area contributed by atoms with E-state index in [1.54, 1.807) is 13.8 Å². The highest BCUT2D eigenvalue weighted by atomic mass is 32.2. The quantitative estimate of drug-likeness (QED) is 0.878. The lowest BCUT2D eigenvalue weighted by atomic mass is 10.1. The zero-order valence-electron chi connectivity index (χ0n) is 10.5.